The third kappa shape index (κ3) is 4.83. The number of rotatable bonds is 6. The van der Waals surface area contributed by atoms with Crippen LogP contribution in [0, 0.1) is 6.92 Å². The standard InChI is InChI=1S/C20H24N2O2/c1-15-7-9-16(10-8-15)13-21-18-11-19(12-18)22-20(23)24-14-17-5-3-2-4-6-17/h2-10,18-19,21H,11-14H2,1H3,(H,22,23). The Hall–Kier alpha value is -2.33. The largest absolute Gasteiger partial charge is 0.445 e. The molecule has 4 heteroatoms. The number of hydrogen-bond donors (Lipinski definition) is 2. The lowest BCUT2D eigenvalue weighted by atomic mass is 9.87. The average molecular weight is 324 g/mol. The van der Waals surface area contributed by atoms with E-state index >= 15 is 0 Å². The van der Waals surface area contributed by atoms with Crippen molar-refractivity contribution in [1.82, 2.24) is 10.6 Å². The lowest BCUT2D eigenvalue weighted by Gasteiger charge is -2.36. The molecule has 1 saturated carbocycles. The minimum Gasteiger partial charge on any atom is -0.445 e. The van der Waals surface area contributed by atoms with E-state index in [0.717, 1.165) is 24.9 Å². The lowest BCUT2D eigenvalue weighted by Crippen LogP contribution is -2.52. The molecule has 0 unspecified atom stereocenters. The van der Waals surface area contributed by atoms with Crippen molar-refractivity contribution >= 4 is 6.09 Å². The van der Waals surface area contributed by atoms with Crippen molar-refractivity contribution in [2.24, 2.45) is 0 Å². The number of alkyl carbamates (subject to hydrolysis) is 1. The molecule has 0 atom stereocenters. The highest BCUT2D eigenvalue weighted by Gasteiger charge is 2.30. The van der Waals surface area contributed by atoms with Crippen LogP contribution in [0.15, 0.2) is 54.6 Å². The van der Waals surface area contributed by atoms with Crippen LogP contribution in [-0.2, 0) is 17.9 Å². The van der Waals surface area contributed by atoms with Gasteiger partial charge in [0.1, 0.15) is 6.61 Å². The molecule has 1 aliphatic carbocycles. The molecule has 2 aromatic rings. The number of nitrogens with one attached hydrogen (secondary N) is 2. The molecule has 1 fully saturated rings. The molecule has 0 aromatic heterocycles. The summed E-state index contributed by atoms with van der Waals surface area (Å²) in [4.78, 5) is 11.8. The Morgan fingerprint density at radius 3 is 2.42 bits per heavy atom. The zero-order valence-electron chi connectivity index (χ0n) is 14.0. The number of benzene rings is 2. The molecule has 0 radical (unpaired) electrons. The van der Waals surface area contributed by atoms with Crippen molar-refractivity contribution in [3.63, 3.8) is 0 Å². The van der Waals surface area contributed by atoms with Gasteiger partial charge in [0, 0.05) is 18.6 Å². The molecule has 1 amide bonds. The van der Waals surface area contributed by atoms with Gasteiger partial charge in [-0.1, -0.05) is 60.2 Å². The van der Waals surface area contributed by atoms with Crippen LogP contribution in [0.25, 0.3) is 0 Å². The van der Waals surface area contributed by atoms with Gasteiger partial charge in [-0.2, -0.15) is 0 Å². The predicted molar refractivity (Wildman–Crippen MR) is 94.6 cm³/mol. The van der Waals surface area contributed by atoms with Crippen molar-refractivity contribution < 1.29 is 9.53 Å². The van der Waals surface area contributed by atoms with Crippen LogP contribution in [0.3, 0.4) is 0 Å². The smallest absolute Gasteiger partial charge is 0.407 e. The molecule has 0 heterocycles. The van der Waals surface area contributed by atoms with Crippen molar-refractivity contribution in [3.8, 4) is 0 Å². The van der Waals surface area contributed by atoms with Gasteiger partial charge >= 0.3 is 6.09 Å². The Morgan fingerprint density at radius 2 is 1.71 bits per heavy atom. The van der Waals surface area contributed by atoms with Crippen molar-refractivity contribution in [3.05, 3.63) is 71.3 Å². The first kappa shape index (κ1) is 16.5. The van der Waals surface area contributed by atoms with E-state index in [1.807, 2.05) is 30.3 Å². The first-order valence-corrected chi connectivity index (χ1v) is 8.45. The first-order chi connectivity index (χ1) is 11.7. The summed E-state index contributed by atoms with van der Waals surface area (Å²) in [5.74, 6) is 0. The van der Waals surface area contributed by atoms with Crippen LogP contribution in [-0.4, -0.2) is 18.2 Å². The Bertz CT molecular complexity index is 649. The zero-order chi connectivity index (χ0) is 16.8. The molecule has 0 bridgehead atoms. The molecule has 24 heavy (non-hydrogen) atoms. The summed E-state index contributed by atoms with van der Waals surface area (Å²) in [7, 11) is 0. The maximum Gasteiger partial charge on any atom is 0.407 e. The maximum absolute atomic E-state index is 11.8. The summed E-state index contributed by atoms with van der Waals surface area (Å²) >= 11 is 0. The van der Waals surface area contributed by atoms with E-state index in [4.69, 9.17) is 4.74 Å². The SMILES string of the molecule is Cc1ccc(CNC2CC(NC(=O)OCc3ccccc3)C2)cc1. The monoisotopic (exact) mass is 324 g/mol. The van der Waals surface area contributed by atoms with Crippen molar-refractivity contribution in [2.45, 2.75) is 45.0 Å². The van der Waals surface area contributed by atoms with Gasteiger partial charge < -0.3 is 15.4 Å². The van der Waals surface area contributed by atoms with Crippen molar-refractivity contribution in [1.29, 1.82) is 0 Å². The third-order valence-corrected chi connectivity index (χ3v) is 4.39. The van der Waals surface area contributed by atoms with Gasteiger partial charge in [0.05, 0.1) is 0 Å². The molecule has 0 spiro atoms. The molecule has 2 aromatic carbocycles. The first-order valence-electron chi connectivity index (χ1n) is 8.45. The maximum atomic E-state index is 11.8. The number of aryl methyl sites for hydroxylation is 1. The normalized spacial score (nSPS) is 19.4. The average Bonchev–Trinajstić information content (AvgIpc) is 2.57. The summed E-state index contributed by atoms with van der Waals surface area (Å²) in [5.41, 5.74) is 3.57. The van der Waals surface area contributed by atoms with Gasteiger partial charge in [-0.25, -0.2) is 4.79 Å². The summed E-state index contributed by atoms with van der Waals surface area (Å²) in [6, 6.07) is 18.9. The minimum atomic E-state index is -0.333. The molecular weight excluding hydrogens is 300 g/mol. The summed E-state index contributed by atoms with van der Waals surface area (Å²) in [5, 5.41) is 6.44. The van der Waals surface area contributed by atoms with E-state index in [1.165, 1.54) is 11.1 Å². The fourth-order valence-corrected chi connectivity index (χ4v) is 2.80. The molecule has 2 N–H and O–H groups in total. The van der Waals surface area contributed by atoms with Gasteiger partial charge in [-0.15, -0.1) is 0 Å². The van der Waals surface area contributed by atoms with Crippen LogP contribution >= 0.6 is 0 Å². The molecule has 0 aliphatic heterocycles. The Labute approximate surface area is 143 Å². The van der Waals surface area contributed by atoms with Gasteiger partial charge in [0.15, 0.2) is 0 Å². The fraction of sp³-hybridized carbons (Fsp3) is 0.350. The predicted octanol–water partition coefficient (Wildman–Crippen LogP) is 3.54. The quantitative estimate of drug-likeness (QED) is 0.854. The molecule has 1 aliphatic rings. The summed E-state index contributed by atoms with van der Waals surface area (Å²) in [6.45, 7) is 3.28. The number of ether oxygens (including phenoxy) is 1. The highest BCUT2D eigenvalue weighted by molar-refractivity contribution is 5.67. The van der Waals surface area contributed by atoms with E-state index in [-0.39, 0.29) is 12.1 Å². The van der Waals surface area contributed by atoms with Crippen LogP contribution < -0.4 is 10.6 Å². The van der Waals surface area contributed by atoms with E-state index in [2.05, 4.69) is 41.8 Å². The second-order valence-corrected chi connectivity index (χ2v) is 6.44. The van der Waals surface area contributed by atoms with Gasteiger partial charge in [-0.05, 0) is 30.9 Å². The van der Waals surface area contributed by atoms with Crippen LogP contribution in [0.2, 0.25) is 0 Å². The Morgan fingerprint density at radius 1 is 1.00 bits per heavy atom. The lowest BCUT2D eigenvalue weighted by molar-refractivity contribution is 0.125. The molecule has 3 rings (SSSR count). The minimum absolute atomic E-state index is 0.212. The Balaban J connectivity index is 1.30. The molecule has 4 nitrogen and oxygen atoms in total. The topological polar surface area (TPSA) is 50.4 Å². The number of carbonyl (C=O) groups is 1. The van der Waals surface area contributed by atoms with E-state index in [9.17, 15) is 4.79 Å². The molecule has 0 saturated heterocycles. The van der Waals surface area contributed by atoms with Crippen LogP contribution in [0.5, 0.6) is 0 Å². The number of hydrogen-bond acceptors (Lipinski definition) is 3. The van der Waals surface area contributed by atoms with Crippen LogP contribution in [0.1, 0.15) is 29.5 Å². The molecular formula is C20H24N2O2. The third-order valence-electron chi connectivity index (χ3n) is 4.39. The fourth-order valence-electron chi connectivity index (χ4n) is 2.80. The van der Waals surface area contributed by atoms with Crippen LogP contribution in [0.4, 0.5) is 4.79 Å². The summed E-state index contributed by atoms with van der Waals surface area (Å²) < 4.78 is 5.24. The van der Waals surface area contributed by atoms with E-state index < -0.39 is 0 Å². The van der Waals surface area contributed by atoms with Gasteiger partial charge in [0.2, 0.25) is 0 Å². The van der Waals surface area contributed by atoms with E-state index in [0.29, 0.717) is 12.6 Å². The highest BCUT2D eigenvalue weighted by atomic mass is 16.5. The van der Waals surface area contributed by atoms with Gasteiger partial charge in [0.25, 0.3) is 0 Å². The number of carbonyl (C=O) groups excluding carboxylic acids is 1. The van der Waals surface area contributed by atoms with Gasteiger partial charge in [-0.3, -0.25) is 0 Å². The molecule has 126 valence electrons. The second kappa shape index (κ2) is 7.97. The second-order valence-electron chi connectivity index (χ2n) is 6.44. The summed E-state index contributed by atoms with van der Waals surface area (Å²) in [6.07, 6.45) is 1.57. The highest BCUT2D eigenvalue weighted by Crippen LogP contribution is 2.20. The van der Waals surface area contributed by atoms with E-state index in [1.54, 1.807) is 0 Å². The zero-order valence-corrected chi connectivity index (χ0v) is 14.0. The number of amides is 1. The van der Waals surface area contributed by atoms with Crippen molar-refractivity contribution in [2.75, 3.05) is 0 Å². The Kier molecular flexibility index (Phi) is 5.49.